The molecular formula is C15H17Cl2N3O2S. The molecule has 8 heteroatoms. The molecule has 1 heterocycles. The molecule has 1 aliphatic rings. The van der Waals surface area contributed by atoms with Gasteiger partial charge in [-0.2, -0.15) is 0 Å². The molecule has 5 nitrogen and oxygen atoms in total. The molecule has 0 spiro atoms. The van der Waals surface area contributed by atoms with E-state index in [2.05, 4.69) is 15.6 Å². The minimum Gasteiger partial charge on any atom is -0.326 e. The van der Waals surface area contributed by atoms with Gasteiger partial charge in [0.2, 0.25) is 11.8 Å². The number of hydrogen-bond donors (Lipinski definition) is 2. The van der Waals surface area contributed by atoms with Gasteiger partial charge in [0.05, 0.1) is 10.0 Å². The Hall–Kier alpha value is -1.24. The van der Waals surface area contributed by atoms with E-state index in [1.54, 1.807) is 18.2 Å². The number of nitrogens with zero attached hydrogens (tertiary/aromatic N) is 1. The van der Waals surface area contributed by atoms with E-state index >= 15 is 0 Å². The Morgan fingerprint density at radius 2 is 2.13 bits per heavy atom. The van der Waals surface area contributed by atoms with Gasteiger partial charge in [-0.15, -0.1) is 0 Å². The number of rotatable bonds is 5. The lowest BCUT2D eigenvalue weighted by Gasteiger charge is -2.08. The number of halogens is 2. The highest BCUT2D eigenvalue weighted by Crippen LogP contribution is 2.26. The fourth-order valence-electron chi connectivity index (χ4n) is 1.83. The Bertz CT molecular complexity index is 650. The topological polar surface area (TPSA) is 70.6 Å². The second kappa shape index (κ2) is 8.04. The standard InChI is InChI=1S/C15H17Cl2N3O2S/c1-8(2)7-18-15-20-14(22)12(23-15)6-13(21)19-9-3-4-10(16)11(17)5-9/h3-5,8,12H,6-7H2,1-2H3,(H,19,21)(H,18,20,22). The lowest BCUT2D eigenvalue weighted by molar-refractivity contribution is -0.122. The van der Waals surface area contributed by atoms with E-state index in [0.29, 0.717) is 33.4 Å². The van der Waals surface area contributed by atoms with Gasteiger partial charge < -0.3 is 10.6 Å². The number of thioether (sulfide) groups is 1. The maximum Gasteiger partial charge on any atom is 0.240 e. The smallest absolute Gasteiger partial charge is 0.240 e. The summed E-state index contributed by atoms with van der Waals surface area (Å²) >= 11 is 13.0. The lowest BCUT2D eigenvalue weighted by atomic mass is 10.2. The summed E-state index contributed by atoms with van der Waals surface area (Å²) in [5.74, 6) is -0.0417. The van der Waals surface area contributed by atoms with Crippen molar-refractivity contribution in [3.63, 3.8) is 0 Å². The average molecular weight is 374 g/mol. The van der Waals surface area contributed by atoms with Crippen LogP contribution < -0.4 is 10.6 Å². The number of aliphatic imine (C=N–C) groups is 1. The van der Waals surface area contributed by atoms with Crippen LogP contribution in [0.2, 0.25) is 10.0 Å². The third-order valence-corrected chi connectivity index (χ3v) is 4.81. The molecule has 0 radical (unpaired) electrons. The molecule has 1 aromatic carbocycles. The summed E-state index contributed by atoms with van der Waals surface area (Å²) in [5.41, 5.74) is 0.543. The predicted molar refractivity (Wildman–Crippen MR) is 96.4 cm³/mol. The lowest BCUT2D eigenvalue weighted by Crippen LogP contribution is -2.28. The normalized spacial score (nSPS) is 19.3. The molecule has 1 aromatic rings. The minimum atomic E-state index is -0.469. The van der Waals surface area contributed by atoms with Gasteiger partial charge in [0.15, 0.2) is 5.17 Å². The van der Waals surface area contributed by atoms with E-state index in [1.165, 1.54) is 11.8 Å². The summed E-state index contributed by atoms with van der Waals surface area (Å²) in [7, 11) is 0. The zero-order valence-electron chi connectivity index (χ0n) is 12.7. The first-order chi connectivity index (χ1) is 10.8. The third-order valence-electron chi connectivity index (χ3n) is 2.95. The molecule has 0 saturated carbocycles. The van der Waals surface area contributed by atoms with Crippen molar-refractivity contribution in [2.24, 2.45) is 10.9 Å². The monoisotopic (exact) mass is 373 g/mol. The second-order valence-electron chi connectivity index (χ2n) is 5.52. The first-order valence-corrected chi connectivity index (χ1v) is 8.75. The third kappa shape index (κ3) is 5.41. The Balaban J connectivity index is 1.91. The fraction of sp³-hybridized carbons (Fsp3) is 0.400. The first-order valence-electron chi connectivity index (χ1n) is 7.12. The number of nitrogens with one attached hydrogen (secondary N) is 2. The van der Waals surface area contributed by atoms with Crippen LogP contribution in [0, 0.1) is 5.92 Å². The highest BCUT2D eigenvalue weighted by molar-refractivity contribution is 8.15. The molecule has 0 aliphatic carbocycles. The molecule has 124 valence electrons. The number of amides is 2. The maximum absolute atomic E-state index is 12.1. The van der Waals surface area contributed by atoms with Crippen LogP contribution >= 0.6 is 35.0 Å². The maximum atomic E-state index is 12.1. The Morgan fingerprint density at radius 3 is 2.78 bits per heavy atom. The molecule has 23 heavy (non-hydrogen) atoms. The molecule has 0 aromatic heterocycles. The molecule has 1 unspecified atom stereocenters. The van der Waals surface area contributed by atoms with Crippen LogP contribution in [0.5, 0.6) is 0 Å². The van der Waals surface area contributed by atoms with Crippen molar-refractivity contribution in [2.45, 2.75) is 25.5 Å². The van der Waals surface area contributed by atoms with Crippen LogP contribution in [0.25, 0.3) is 0 Å². The number of anilines is 1. The molecule has 1 fully saturated rings. The van der Waals surface area contributed by atoms with Crippen molar-refractivity contribution in [2.75, 3.05) is 11.9 Å². The molecule has 1 atom stereocenters. The Kier molecular flexibility index (Phi) is 6.33. The van der Waals surface area contributed by atoms with Crippen LogP contribution in [0.3, 0.4) is 0 Å². The predicted octanol–water partition coefficient (Wildman–Crippen LogP) is 3.57. The van der Waals surface area contributed by atoms with Gasteiger partial charge in [-0.1, -0.05) is 48.8 Å². The largest absolute Gasteiger partial charge is 0.326 e. The average Bonchev–Trinajstić information content (AvgIpc) is 2.81. The summed E-state index contributed by atoms with van der Waals surface area (Å²) in [6.07, 6.45) is 0.0669. The number of hydrogen-bond acceptors (Lipinski definition) is 4. The van der Waals surface area contributed by atoms with Crippen LogP contribution in [-0.4, -0.2) is 28.8 Å². The Morgan fingerprint density at radius 1 is 1.39 bits per heavy atom. The number of amidine groups is 1. The summed E-state index contributed by atoms with van der Waals surface area (Å²) in [5, 5.41) is 6.30. The summed E-state index contributed by atoms with van der Waals surface area (Å²) < 4.78 is 0. The first kappa shape index (κ1) is 18.1. The van der Waals surface area contributed by atoms with E-state index in [1.807, 2.05) is 13.8 Å². The quantitative estimate of drug-likeness (QED) is 0.828. The van der Waals surface area contributed by atoms with Crippen molar-refractivity contribution in [3.8, 4) is 0 Å². The fourth-order valence-corrected chi connectivity index (χ4v) is 3.11. The van der Waals surface area contributed by atoms with E-state index in [0.717, 1.165) is 0 Å². The van der Waals surface area contributed by atoms with Crippen molar-refractivity contribution < 1.29 is 9.59 Å². The molecule has 0 bridgehead atoms. The molecule has 1 aliphatic heterocycles. The molecule has 2 amide bonds. The summed E-state index contributed by atoms with van der Waals surface area (Å²) in [6, 6.07) is 4.83. The number of benzene rings is 1. The van der Waals surface area contributed by atoms with Gasteiger partial charge in [-0.25, -0.2) is 0 Å². The molecular weight excluding hydrogens is 357 g/mol. The van der Waals surface area contributed by atoms with E-state index in [-0.39, 0.29) is 18.2 Å². The number of carbonyl (C=O) groups is 2. The summed E-state index contributed by atoms with van der Waals surface area (Å²) in [4.78, 5) is 28.3. The van der Waals surface area contributed by atoms with Gasteiger partial charge in [0.1, 0.15) is 5.25 Å². The SMILES string of the molecule is CC(C)CN=C1NC(=O)C(CC(=O)Nc2ccc(Cl)c(Cl)c2)S1. The van der Waals surface area contributed by atoms with Gasteiger partial charge in [-0.3, -0.25) is 14.6 Å². The van der Waals surface area contributed by atoms with Gasteiger partial charge in [-0.05, 0) is 24.1 Å². The van der Waals surface area contributed by atoms with E-state index in [4.69, 9.17) is 23.2 Å². The molecule has 1 saturated heterocycles. The van der Waals surface area contributed by atoms with Crippen LogP contribution in [0.4, 0.5) is 5.69 Å². The van der Waals surface area contributed by atoms with Crippen molar-refractivity contribution in [3.05, 3.63) is 28.2 Å². The zero-order valence-corrected chi connectivity index (χ0v) is 15.1. The highest BCUT2D eigenvalue weighted by Gasteiger charge is 2.32. The molecule has 2 N–H and O–H groups in total. The highest BCUT2D eigenvalue weighted by atomic mass is 35.5. The van der Waals surface area contributed by atoms with Crippen LogP contribution in [0.1, 0.15) is 20.3 Å². The second-order valence-corrected chi connectivity index (χ2v) is 7.52. The van der Waals surface area contributed by atoms with Crippen molar-refractivity contribution >= 4 is 57.6 Å². The van der Waals surface area contributed by atoms with E-state index < -0.39 is 5.25 Å². The van der Waals surface area contributed by atoms with Crippen LogP contribution in [0.15, 0.2) is 23.2 Å². The zero-order chi connectivity index (χ0) is 17.0. The van der Waals surface area contributed by atoms with Crippen LogP contribution in [-0.2, 0) is 9.59 Å². The van der Waals surface area contributed by atoms with E-state index in [9.17, 15) is 9.59 Å². The van der Waals surface area contributed by atoms with Gasteiger partial charge >= 0.3 is 0 Å². The summed E-state index contributed by atoms with van der Waals surface area (Å²) in [6.45, 7) is 4.74. The molecule has 2 rings (SSSR count). The van der Waals surface area contributed by atoms with Gasteiger partial charge in [0, 0.05) is 18.7 Å². The minimum absolute atomic E-state index is 0.0669. The van der Waals surface area contributed by atoms with Gasteiger partial charge in [0.25, 0.3) is 0 Å². The number of carbonyl (C=O) groups excluding carboxylic acids is 2. The Labute approximate surface area is 149 Å². The van der Waals surface area contributed by atoms with Crippen molar-refractivity contribution in [1.29, 1.82) is 0 Å². The van der Waals surface area contributed by atoms with Crippen molar-refractivity contribution in [1.82, 2.24) is 5.32 Å².